The van der Waals surface area contributed by atoms with E-state index >= 15 is 0 Å². The molecular formula is C17H19FN4O2. The van der Waals surface area contributed by atoms with Crippen LogP contribution in [-0.4, -0.2) is 30.0 Å². The summed E-state index contributed by atoms with van der Waals surface area (Å²) in [7, 11) is 0. The van der Waals surface area contributed by atoms with Gasteiger partial charge in [-0.1, -0.05) is 12.1 Å². The van der Waals surface area contributed by atoms with Crippen LogP contribution >= 0.6 is 0 Å². The van der Waals surface area contributed by atoms with Crippen LogP contribution in [-0.2, 0) is 6.54 Å². The Kier molecular flexibility index (Phi) is 6.24. The first-order valence-electron chi connectivity index (χ1n) is 7.52. The summed E-state index contributed by atoms with van der Waals surface area (Å²) in [4.78, 5) is 27.5. The highest BCUT2D eigenvalue weighted by Crippen LogP contribution is 2.08. The van der Waals surface area contributed by atoms with E-state index in [0.717, 1.165) is 5.69 Å². The van der Waals surface area contributed by atoms with E-state index in [1.54, 1.807) is 37.4 Å². The number of pyridine rings is 1. The van der Waals surface area contributed by atoms with E-state index in [9.17, 15) is 14.0 Å². The largest absolute Gasteiger partial charge is 0.350 e. The Morgan fingerprint density at radius 2 is 1.88 bits per heavy atom. The van der Waals surface area contributed by atoms with Crippen LogP contribution in [0.3, 0.4) is 0 Å². The van der Waals surface area contributed by atoms with E-state index in [4.69, 9.17) is 0 Å². The maximum absolute atomic E-state index is 13.4. The van der Waals surface area contributed by atoms with Gasteiger partial charge < -0.3 is 16.0 Å². The van der Waals surface area contributed by atoms with Gasteiger partial charge in [-0.2, -0.15) is 0 Å². The molecule has 6 nitrogen and oxygen atoms in total. The number of rotatable bonds is 6. The number of hydrogen-bond donors (Lipinski definition) is 3. The molecule has 0 radical (unpaired) electrons. The molecule has 0 saturated heterocycles. The van der Waals surface area contributed by atoms with Crippen molar-refractivity contribution in [2.45, 2.75) is 13.5 Å². The van der Waals surface area contributed by atoms with E-state index in [0.29, 0.717) is 12.1 Å². The lowest BCUT2D eigenvalue weighted by Crippen LogP contribution is -2.40. The topological polar surface area (TPSA) is 83.1 Å². The van der Waals surface area contributed by atoms with Gasteiger partial charge >= 0.3 is 6.03 Å². The van der Waals surface area contributed by atoms with Crippen molar-refractivity contribution in [3.8, 4) is 0 Å². The SMILES string of the molecule is Cc1ccc(C(=O)NCCNC(=O)NCc2ccccn2)cc1F. The lowest BCUT2D eigenvalue weighted by Gasteiger charge is -2.09. The zero-order chi connectivity index (χ0) is 17.4. The highest BCUT2D eigenvalue weighted by molar-refractivity contribution is 5.94. The summed E-state index contributed by atoms with van der Waals surface area (Å²) >= 11 is 0. The summed E-state index contributed by atoms with van der Waals surface area (Å²) in [5.74, 6) is -0.806. The molecule has 7 heteroatoms. The van der Waals surface area contributed by atoms with Crippen molar-refractivity contribution in [3.63, 3.8) is 0 Å². The number of nitrogens with one attached hydrogen (secondary N) is 3. The number of aryl methyl sites for hydroxylation is 1. The number of benzene rings is 1. The second kappa shape index (κ2) is 8.61. The lowest BCUT2D eigenvalue weighted by atomic mass is 10.1. The van der Waals surface area contributed by atoms with Crippen LogP contribution in [0.25, 0.3) is 0 Å². The summed E-state index contributed by atoms with van der Waals surface area (Å²) in [5, 5.41) is 7.89. The number of hydrogen-bond acceptors (Lipinski definition) is 3. The number of carbonyl (C=O) groups is 2. The maximum atomic E-state index is 13.4. The molecule has 0 fully saturated rings. The molecular weight excluding hydrogens is 311 g/mol. The molecule has 2 aromatic rings. The Bertz CT molecular complexity index is 707. The molecule has 0 aliphatic heterocycles. The summed E-state index contributed by atoms with van der Waals surface area (Å²) < 4.78 is 13.4. The van der Waals surface area contributed by atoms with E-state index < -0.39 is 5.82 Å². The number of carbonyl (C=O) groups excluding carboxylic acids is 2. The van der Waals surface area contributed by atoms with Crippen LogP contribution in [0.15, 0.2) is 42.6 Å². The van der Waals surface area contributed by atoms with Gasteiger partial charge in [-0.15, -0.1) is 0 Å². The summed E-state index contributed by atoms with van der Waals surface area (Å²) in [6.07, 6.45) is 1.65. The lowest BCUT2D eigenvalue weighted by molar-refractivity contribution is 0.0953. The maximum Gasteiger partial charge on any atom is 0.315 e. The van der Waals surface area contributed by atoms with Crippen LogP contribution in [0.2, 0.25) is 0 Å². The molecule has 0 atom stereocenters. The third-order valence-electron chi connectivity index (χ3n) is 3.29. The van der Waals surface area contributed by atoms with Crippen molar-refractivity contribution in [2.24, 2.45) is 0 Å². The summed E-state index contributed by atoms with van der Waals surface area (Å²) in [5.41, 5.74) is 1.48. The van der Waals surface area contributed by atoms with Gasteiger partial charge in [-0.3, -0.25) is 9.78 Å². The van der Waals surface area contributed by atoms with Gasteiger partial charge in [0.1, 0.15) is 5.82 Å². The second-order valence-corrected chi connectivity index (χ2v) is 5.15. The number of nitrogens with zero attached hydrogens (tertiary/aromatic N) is 1. The van der Waals surface area contributed by atoms with Crippen molar-refractivity contribution < 1.29 is 14.0 Å². The fourth-order valence-electron chi connectivity index (χ4n) is 1.92. The Morgan fingerprint density at radius 1 is 1.08 bits per heavy atom. The predicted molar refractivity (Wildman–Crippen MR) is 87.9 cm³/mol. The smallest absolute Gasteiger partial charge is 0.315 e. The Hall–Kier alpha value is -2.96. The predicted octanol–water partition coefficient (Wildman–Crippen LogP) is 1.76. The number of urea groups is 1. The van der Waals surface area contributed by atoms with Crippen LogP contribution in [0.1, 0.15) is 21.6 Å². The average Bonchev–Trinajstić information content (AvgIpc) is 2.60. The molecule has 0 aliphatic rings. The van der Waals surface area contributed by atoms with Crippen LogP contribution in [0, 0.1) is 12.7 Å². The van der Waals surface area contributed by atoms with Gasteiger partial charge in [0, 0.05) is 24.8 Å². The summed E-state index contributed by atoms with van der Waals surface area (Å²) in [6.45, 7) is 2.45. The minimum absolute atomic E-state index is 0.241. The average molecular weight is 330 g/mol. The van der Waals surface area contributed by atoms with Crippen molar-refractivity contribution in [1.82, 2.24) is 20.9 Å². The molecule has 3 amide bonds. The normalized spacial score (nSPS) is 10.1. The van der Waals surface area contributed by atoms with Crippen molar-refractivity contribution in [2.75, 3.05) is 13.1 Å². The third kappa shape index (κ3) is 5.35. The molecule has 0 spiro atoms. The molecule has 0 unspecified atom stereocenters. The van der Waals surface area contributed by atoms with Gasteiger partial charge in [0.2, 0.25) is 0 Å². The van der Waals surface area contributed by atoms with Crippen LogP contribution in [0.5, 0.6) is 0 Å². The molecule has 3 N–H and O–H groups in total. The fraction of sp³-hybridized carbons (Fsp3) is 0.235. The minimum atomic E-state index is -0.422. The van der Waals surface area contributed by atoms with Gasteiger partial charge in [0.05, 0.1) is 12.2 Å². The molecule has 24 heavy (non-hydrogen) atoms. The molecule has 0 bridgehead atoms. The first-order chi connectivity index (χ1) is 11.6. The van der Waals surface area contributed by atoms with Crippen LogP contribution in [0.4, 0.5) is 9.18 Å². The Labute approximate surface area is 139 Å². The molecule has 0 saturated carbocycles. The highest BCUT2D eigenvalue weighted by atomic mass is 19.1. The zero-order valence-electron chi connectivity index (χ0n) is 13.3. The Morgan fingerprint density at radius 3 is 2.58 bits per heavy atom. The monoisotopic (exact) mass is 330 g/mol. The third-order valence-corrected chi connectivity index (χ3v) is 3.29. The highest BCUT2D eigenvalue weighted by Gasteiger charge is 2.07. The molecule has 2 rings (SSSR count). The van der Waals surface area contributed by atoms with Gasteiger partial charge in [0.15, 0.2) is 0 Å². The van der Waals surface area contributed by atoms with Crippen LogP contribution < -0.4 is 16.0 Å². The fourth-order valence-corrected chi connectivity index (χ4v) is 1.92. The van der Waals surface area contributed by atoms with E-state index in [-0.39, 0.29) is 30.6 Å². The number of halogens is 1. The molecule has 0 aliphatic carbocycles. The second-order valence-electron chi connectivity index (χ2n) is 5.15. The van der Waals surface area contributed by atoms with Crippen molar-refractivity contribution >= 4 is 11.9 Å². The van der Waals surface area contributed by atoms with Crippen molar-refractivity contribution in [1.29, 1.82) is 0 Å². The summed E-state index contributed by atoms with van der Waals surface area (Å²) in [6, 6.07) is 9.39. The Balaban J connectivity index is 1.65. The zero-order valence-corrected chi connectivity index (χ0v) is 13.3. The van der Waals surface area contributed by atoms with Gasteiger partial charge in [-0.05, 0) is 36.8 Å². The quantitative estimate of drug-likeness (QED) is 0.706. The molecule has 1 aromatic heterocycles. The molecule has 1 heterocycles. The number of aromatic nitrogens is 1. The molecule has 126 valence electrons. The van der Waals surface area contributed by atoms with E-state index in [1.165, 1.54) is 6.07 Å². The van der Waals surface area contributed by atoms with Gasteiger partial charge in [-0.25, -0.2) is 9.18 Å². The van der Waals surface area contributed by atoms with Gasteiger partial charge in [0.25, 0.3) is 5.91 Å². The minimum Gasteiger partial charge on any atom is -0.350 e. The molecule has 1 aromatic carbocycles. The van der Waals surface area contributed by atoms with E-state index in [2.05, 4.69) is 20.9 Å². The first kappa shape index (κ1) is 17.4. The first-order valence-corrected chi connectivity index (χ1v) is 7.52. The number of amides is 3. The van der Waals surface area contributed by atoms with Crippen molar-refractivity contribution in [3.05, 3.63) is 65.2 Å². The standard InChI is InChI=1S/C17H19FN4O2/c1-12-5-6-13(10-15(12)18)16(23)20-8-9-21-17(24)22-11-14-4-2-3-7-19-14/h2-7,10H,8-9,11H2,1H3,(H,20,23)(H2,21,22,24). The van der Waals surface area contributed by atoms with E-state index in [1.807, 2.05) is 6.07 Å².